The topological polar surface area (TPSA) is 44.8 Å². The van der Waals surface area contributed by atoms with E-state index >= 15 is 0 Å². The van der Waals surface area contributed by atoms with Crippen molar-refractivity contribution in [2.45, 2.75) is 20.3 Å². The van der Waals surface area contributed by atoms with Gasteiger partial charge in [0, 0.05) is 11.6 Å². The van der Waals surface area contributed by atoms with Crippen molar-refractivity contribution in [3.05, 3.63) is 60.2 Å². The lowest BCUT2D eigenvalue weighted by molar-refractivity contribution is -0.129. The molecule has 0 amide bonds. The Kier molecular flexibility index (Phi) is 6.90. The molecule has 2 aromatic carbocycles. The minimum Gasteiger partial charge on any atom is -0.493 e. The van der Waals surface area contributed by atoms with Gasteiger partial charge in [0.1, 0.15) is 5.75 Å². The van der Waals surface area contributed by atoms with Gasteiger partial charge in [-0.05, 0) is 37.6 Å². The number of benzene rings is 2. The van der Waals surface area contributed by atoms with Gasteiger partial charge in [0.15, 0.2) is 11.5 Å². The summed E-state index contributed by atoms with van der Waals surface area (Å²) in [4.78, 5) is 12.1. The predicted octanol–water partition coefficient (Wildman–Crippen LogP) is 4.49. The Hall–Kier alpha value is -2.75. The molecule has 0 bridgehead atoms. The number of para-hydroxylation sites is 3. The van der Waals surface area contributed by atoms with E-state index in [1.807, 2.05) is 44.2 Å². The molecule has 24 heavy (non-hydrogen) atoms. The van der Waals surface area contributed by atoms with Crippen LogP contribution in [0.15, 0.2) is 54.6 Å². The normalized spacial score (nSPS) is 10.6. The third kappa shape index (κ3) is 5.16. The summed E-state index contributed by atoms with van der Waals surface area (Å²) in [5, 5.41) is 0. The van der Waals surface area contributed by atoms with E-state index in [9.17, 15) is 4.79 Å². The zero-order valence-corrected chi connectivity index (χ0v) is 14.0. The molecule has 0 saturated heterocycles. The van der Waals surface area contributed by atoms with Gasteiger partial charge in [0.05, 0.1) is 13.2 Å². The number of hydrogen-bond donors (Lipinski definition) is 0. The highest BCUT2D eigenvalue weighted by atomic mass is 16.6. The summed E-state index contributed by atoms with van der Waals surface area (Å²) in [6, 6.07) is 14.7. The van der Waals surface area contributed by atoms with Gasteiger partial charge in [-0.1, -0.05) is 37.3 Å². The molecule has 2 rings (SSSR count). The van der Waals surface area contributed by atoms with E-state index in [-0.39, 0.29) is 0 Å². The van der Waals surface area contributed by atoms with Crippen LogP contribution in [0, 0.1) is 0 Å². The first-order chi connectivity index (χ1) is 11.7. The molecule has 0 N–H and O–H groups in total. The molecular formula is C20H22O4. The number of esters is 1. The summed E-state index contributed by atoms with van der Waals surface area (Å²) >= 11 is 0. The summed E-state index contributed by atoms with van der Waals surface area (Å²) in [7, 11) is 0. The van der Waals surface area contributed by atoms with Crippen LogP contribution >= 0.6 is 0 Å². The highest BCUT2D eigenvalue weighted by Gasteiger charge is 2.07. The van der Waals surface area contributed by atoms with Gasteiger partial charge in [-0.15, -0.1) is 0 Å². The van der Waals surface area contributed by atoms with Crippen LogP contribution in [-0.4, -0.2) is 19.2 Å². The van der Waals surface area contributed by atoms with Gasteiger partial charge in [0.2, 0.25) is 0 Å². The molecule has 2 aromatic rings. The molecule has 4 nitrogen and oxygen atoms in total. The van der Waals surface area contributed by atoms with Gasteiger partial charge < -0.3 is 14.2 Å². The molecule has 0 saturated carbocycles. The van der Waals surface area contributed by atoms with Crippen LogP contribution in [-0.2, 0) is 4.79 Å². The second-order valence-corrected chi connectivity index (χ2v) is 5.02. The molecule has 0 heterocycles. The van der Waals surface area contributed by atoms with Crippen LogP contribution in [0.3, 0.4) is 0 Å². The Bertz CT molecular complexity index is 692. The minimum absolute atomic E-state index is 0.407. The standard InChI is InChI=1S/C20H22O4/c1-3-15-23-17-10-6-5-9-16(17)13-14-20(21)24-19-12-8-7-11-18(19)22-4-2/h5-14H,3-4,15H2,1-2H3/b14-13+. The SMILES string of the molecule is CCCOc1ccccc1/C=C/C(=O)Oc1ccccc1OCC. The van der Waals surface area contributed by atoms with Gasteiger partial charge in [-0.3, -0.25) is 0 Å². The maximum atomic E-state index is 12.1. The lowest BCUT2D eigenvalue weighted by Crippen LogP contribution is -2.05. The third-order valence-electron chi connectivity index (χ3n) is 3.14. The van der Waals surface area contributed by atoms with Gasteiger partial charge in [0.25, 0.3) is 0 Å². The first-order valence-electron chi connectivity index (χ1n) is 8.08. The van der Waals surface area contributed by atoms with E-state index in [0.29, 0.717) is 24.7 Å². The highest BCUT2D eigenvalue weighted by molar-refractivity contribution is 5.89. The summed E-state index contributed by atoms with van der Waals surface area (Å²) < 4.78 is 16.5. The number of carbonyl (C=O) groups is 1. The van der Waals surface area contributed by atoms with Crippen molar-refractivity contribution in [2.24, 2.45) is 0 Å². The van der Waals surface area contributed by atoms with Gasteiger partial charge in [-0.2, -0.15) is 0 Å². The lowest BCUT2D eigenvalue weighted by atomic mass is 10.2. The molecule has 0 aliphatic rings. The zero-order chi connectivity index (χ0) is 17.2. The van der Waals surface area contributed by atoms with Crippen molar-refractivity contribution < 1.29 is 19.0 Å². The number of rotatable bonds is 8. The Morgan fingerprint density at radius 1 is 0.917 bits per heavy atom. The molecule has 126 valence electrons. The zero-order valence-electron chi connectivity index (χ0n) is 14.0. The average Bonchev–Trinajstić information content (AvgIpc) is 2.61. The fraction of sp³-hybridized carbons (Fsp3) is 0.250. The predicted molar refractivity (Wildman–Crippen MR) is 94.5 cm³/mol. The van der Waals surface area contributed by atoms with E-state index in [4.69, 9.17) is 14.2 Å². The van der Waals surface area contributed by atoms with Gasteiger partial charge >= 0.3 is 5.97 Å². The smallest absolute Gasteiger partial charge is 0.336 e. The summed E-state index contributed by atoms with van der Waals surface area (Å²) in [6.07, 6.45) is 4.00. The fourth-order valence-electron chi connectivity index (χ4n) is 2.07. The first kappa shape index (κ1) is 17.6. The second kappa shape index (κ2) is 9.40. The summed E-state index contributed by atoms with van der Waals surface area (Å²) in [6.45, 7) is 5.07. The van der Waals surface area contributed by atoms with Crippen molar-refractivity contribution >= 4 is 12.0 Å². The molecule has 0 aliphatic heterocycles. The second-order valence-electron chi connectivity index (χ2n) is 5.02. The average molecular weight is 326 g/mol. The summed E-state index contributed by atoms with van der Waals surface area (Å²) in [5.41, 5.74) is 0.834. The molecule has 0 radical (unpaired) electrons. The van der Waals surface area contributed by atoms with Crippen LogP contribution < -0.4 is 14.2 Å². The number of ether oxygens (including phenoxy) is 3. The lowest BCUT2D eigenvalue weighted by Gasteiger charge is -2.09. The van der Waals surface area contributed by atoms with E-state index in [2.05, 4.69) is 0 Å². The number of carbonyl (C=O) groups excluding carboxylic acids is 1. The van der Waals surface area contributed by atoms with Crippen LogP contribution in [0.1, 0.15) is 25.8 Å². The van der Waals surface area contributed by atoms with E-state index < -0.39 is 5.97 Å². The van der Waals surface area contributed by atoms with Crippen molar-refractivity contribution in [3.8, 4) is 17.2 Å². The van der Waals surface area contributed by atoms with Crippen molar-refractivity contribution in [2.75, 3.05) is 13.2 Å². The minimum atomic E-state index is -0.465. The fourth-order valence-corrected chi connectivity index (χ4v) is 2.07. The first-order valence-corrected chi connectivity index (χ1v) is 8.08. The molecule has 0 aliphatic carbocycles. The maximum absolute atomic E-state index is 12.1. The van der Waals surface area contributed by atoms with Crippen LogP contribution in [0.25, 0.3) is 6.08 Å². The van der Waals surface area contributed by atoms with Crippen LogP contribution in [0.5, 0.6) is 17.2 Å². The third-order valence-corrected chi connectivity index (χ3v) is 3.14. The molecular weight excluding hydrogens is 304 g/mol. The van der Waals surface area contributed by atoms with E-state index in [1.165, 1.54) is 6.08 Å². The molecule has 0 spiro atoms. The van der Waals surface area contributed by atoms with Gasteiger partial charge in [-0.25, -0.2) is 4.79 Å². The Labute approximate surface area is 142 Å². The van der Waals surface area contributed by atoms with Crippen LogP contribution in [0.4, 0.5) is 0 Å². The molecule has 0 fully saturated rings. The molecule has 0 unspecified atom stereocenters. The van der Waals surface area contributed by atoms with Crippen molar-refractivity contribution in [3.63, 3.8) is 0 Å². The Morgan fingerprint density at radius 3 is 2.29 bits per heavy atom. The van der Waals surface area contributed by atoms with Crippen molar-refractivity contribution in [1.29, 1.82) is 0 Å². The van der Waals surface area contributed by atoms with Crippen LogP contribution in [0.2, 0.25) is 0 Å². The molecule has 0 aromatic heterocycles. The monoisotopic (exact) mass is 326 g/mol. The number of hydrogen-bond acceptors (Lipinski definition) is 4. The van der Waals surface area contributed by atoms with E-state index in [0.717, 1.165) is 17.7 Å². The summed E-state index contributed by atoms with van der Waals surface area (Å²) in [5.74, 6) is 1.24. The molecule has 4 heteroatoms. The largest absolute Gasteiger partial charge is 0.493 e. The highest BCUT2D eigenvalue weighted by Crippen LogP contribution is 2.26. The Morgan fingerprint density at radius 2 is 1.58 bits per heavy atom. The Balaban J connectivity index is 2.06. The quantitative estimate of drug-likeness (QED) is 0.407. The van der Waals surface area contributed by atoms with Crippen molar-refractivity contribution in [1.82, 2.24) is 0 Å². The van der Waals surface area contributed by atoms with E-state index in [1.54, 1.807) is 24.3 Å². The molecule has 0 atom stereocenters. The maximum Gasteiger partial charge on any atom is 0.336 e.